The molecule has 0 radical (unpaired) electrons. The van der Waals surface area contributed by atoms with Crippen LogP contribution in [0.15, 0.2) is 29.6 Å². The van der Waals surface area contributed by atoms with E-state index in [4.69, 9.17) is 0 Å². The predicted octanol–water partition coefficient (Wildman–Crippen LogP) is 2.90. The van der Waals surface area contributed by atoms with Crippen LogP contribution in [0.2, 0.25) is 0 Å². The summed E-state index contributed by atoms with van der Waals surface area (Å²) in [6, 6.07) is 6.37. The van der Waals surface area contributed by atoms with E-state index in [1.165, 1.54) is 23.4 Å². The van der Waals surface area contributed by atoms with Gasteiger partial charge in [-0.25, -0.2) is 9.18 Å². The third-order valence-electron chi connectivity index (χ3n) is 6.04. The van der Waals surface area contributed by atoms with Crippen LogP contribution in [0.3, 0.4) is 0 Å². The summed E-state index contributed by atoms with van der Waals surface area (Å²) in [6.45, 7) is 5.00. The van der Waals surface area contributed by atoms with Crippen LogP contribution in [0.25, 0.3) is 0 Å². The lowest BCUT2D eigenvalue weighted by Gasteiger charge is -2.36. The maximum absolute atomic E-state index is 14.4. The van der Waals surface area contributed by atoms with Gasteiger partial charge in [0.15, 0.2) is 5.78 Å². The number of Topliss-reactive ketones (excluding diaryl/α,β-unsaturated/α-hetero) is 1. The topological polar surface area (TPSA) is 73.0 Å². The third kappa shape index (κ3) is 4.93. The van der Waals surface area contributed by atoms with Crippen molar-refractivity contribution in [3.63, 3.8) is 0 Å². The summed E-state index contributed by atoms with van der Waals surface area (Å²) in [4.78, 5) is 43.1. The van der Waals surface area contributed by atoms with Gasteiger partial charge in [-0.2, -0.15) is 0 Å². The van der Waals surface area contributed by atoms with Crippen molar-refractivity contribution >= 4 is 34.7 Å². The number of nitrogens with zero attached hydrogens (tertiary/aromatic N) is 3. The summed E-state index contributed by atoms with van der Waals surface area (Å²) in [5.74, 6) is -0.551. The third-order valence-corrected chi connectivity index (χ3v) is 7.06. The number of hydrogen-bond acceptors (Lipinski definition) is 5. The summed E-state index contributed by atoms with van der Waals surface area (Å²) in [5.41, 5.74) is 2.01. The second-order valence-electron chi connectivity index (χ2n) is 8.11. The number of fused-ring (bicyclic) bond motifs is 1. The summed E-state index contributed by atoms with van der Waals surface area (Å²) in [7, 11) is 0. The summed E-state index contributed by atoms with van der Waals surface area (Å²) >= 11 is 1.74. The van der Waals surface area contributed by atoms with Crippen molar-refractivity contribution in [3.8, 4) is 0 Å². The predicted molar refractivity (Wildman–Crippen MR) is 122 cm³/mol. The summed E-state index contributed by atoms with van der Waals surface area (Å²) < 4.78 is 14.4. The van der Waals surface area contributed by atoms with Gasteiger partial charge in [-0.3, -0.25) is 9.59 Å². The first-order valence-electron chi connectivity index (χ1n) is 10.8. The van der Waals surface area contributed by atoms with Gasteiger partial charge in [0.1, 0.15) is 5.82 Å². The lowest BCUT2D eigenvalue weighted by molar-refractivity contribution is -0.131. The molecular weight excluding hydrogens is 431 g/mol. The number of hydrogen-bond donors (Lipinski definition) is 1. The number of carbonyl (C=O) groups is 3. The zero-order valence-corrected chi connectivity index (χ0v) is 18.9. The maximum Gasteiger partial charge on any atom is 0.317 e. The molecule has 4 rings (SSSR count). The quantitative estimate of drug-likeness (QED) is 0.700. The van der Waals surface area contributed by atoms with Crippen LogP contribution >= 0.6 is 11.3 Å². The number of piperazine rings is 1. The minimum Gasteiger partial charge on any atom is -0.366 e. The Morgan fingerprint density at radius 2 is 1.84 bits per heavy atom. The number of ketones is 1. The number of benzene rings is 1. The molecule has 1 aromatic heterocycles. The van der Waals surface area contributed by atoms with Crippen LogP contribution < -0.4 is 10.2 Å². The number of carbonyl (C=O) groups excluding carboxylic acids is 3. The van der Waals surface area contributed by atoms with Crippen molar-refractivity contribution in [2.75, 3.05) is 44.2 Å². The standard InChI is InChI=1S/C23H27FN4O3S/c1-16(29)17-2-3-20(19(24)14-17)26-9-11-27(12-10-26)23(31)25-7-4-22(30)28-8-5-21-18(15-28)6-13-32-21/h2-3,6,13-14H,4-5,7-12,15H2,1H3,(H,25,31). The molecule has 9 heteroatoms. The number of urea groups is 1. The summed E-state index contributed by atoms with van der Waals surface area (Å²) in [6.07, 6.45) is 1.17. The molecule has 0 atom stereocenters. The molecule has 1 saturated heterocycles. The maximum atomic E-state index is 14.4. The van der Waals surface area contributed by atoms with E-state index in [-0.39, 0.29) is 24.1 Å². The minimum atomic E-state index is -0.429. The van der Waals surface area contributed by atoms with Gasteiger partial charge in [0, 0.05) is 62.7 Å². The van der Waals surface area contributed by atoms with Crippen molar-refractivity contribution in [1.29, 1.82) is 0 Å². The second kappa shape index (κ2) is 9.68. The molecule has 0 saturated carbocycles. The molecule has 2 aromatic rings. The zero-order valence-electron chi connectivity index (χ0n) is 18.1. The van der Waals surface area contributed by atoms with E-state index >= 15 is 0 Å². The Hall–Kier alpha value is -2.94. The Bertz CT molecular complexity index is 1020. The fourth-order valence-corrected chi connectivity index (χ4v) is 5.03. The first kappa shape index (κ1) is 22.3. The van der Waals surface area contributed by atoms with Gasteiger partial charge in [0.25, 0.3) is 0 Å². The Kier molecular flexibility index (Phi) is 6.74. The molecule has 2 aliphatic rings. The molecule has 1 aromatic carbocycles. The van der Waals surface area contributed by atoms with E-state index in [0.29, 0.717) is 50.5 Å². The van der Waals surface area contributed by atoms with E-state index < -0.39 is 5.82 Å². The lowest BCUT2D eigenvalue weighted by atomic mass is 10.1. The van der Waals surface area contributed by atoms with E-state index in [1.54, 1.807) is 28.4 Å². The average Bonchev–Trinajstić information content (AvgIpc) is 3.27. The molecule has 0 unspecified atom stereocenters. The van der Waals surface area contributed by atoms with Gasteiger partial charge in [-0.05, 0) is 48.6 Å². The number of anilines is 1. The molecular formula is C23H27FN4O3S. The molecule has 170 valence electrons. The van der Waals surface area contributed by atoms with Gasteiger partial charge >= 0.3 is 6.03 Å². The van der Waals surface area contributed by atoms with E-state index in [9.17, 15) is 18.8 Å². The molecule has 0 bridgehead atoms. The molecule has 32 heavy (non-hydrogen) atoms. The molecule has 1 N–H and O–H groups in total. The van der Waals surface area contributed by atoms with Crippen molar-refractivity contribution < 1.29 is 18.8 Å². The van der Waals surface area contributed by atoms with Gasteiger partial charge in [-0.15, -0.1) is 11.3 Å². The Labute approximate surface area is 190 Å². The van der Waals surface area contributed by atoms with E-state index in [2.05, 4.69) is 16.8 Å². The van der Waals surface area contributed by atoms with Gasteiger partial charge in [-0.1, -0.05) is 0 Å². The molecule has 7 nitrogen and oxygen atoms in total. The van der Waals surface area contributed by atoms with Gasteiger partial charge in [0.05, 0.1) is 5.69 Å². The SMILES string of the molecule is CC(=O)c1ccc(N2CCN(C(=O)NCCC(=O)N3CCc4sccc4C3)CC2)c(F)c1. The van der Waals surface area contributed by atoms with Crippen LogP contribution in [0.1, 0.15) is 34.1 Å². The fraction of sp³-hybridized carbons (Fsp3) is 0.435. The van der Waals surface area contributed by atoms with E-state index in [1.807, 2.05) is 9.80 Å². The molecule has 0 aliphatic carbocycles. The Morgan fingerprint density at radius 3 is 2.56 bits per heavy atom. The lowest BCUT2D eigenvalue weighted by Crippen LogP contribution is -2.52. The van der Waals surface area contributed by atoms with Crippen LogP contribution in [0.5, 0.6) is 0 Å². The van der Waals surface area contributed by atoms with Crippen LogP contribution in [0.4, 0.5) is 14.9 Å². The van der Waals surface area contributed by atoms with Crippen molar-refractivity contribution in [2.45, 2.75) is 26.3 Å². The average molecular weight is 459 g/mol. The number of rotatable bonds is 5. The van der Waals surface area contributed by atoms with Crippen molar-refractivity contribution in [3.05, 3.63) is 51.5 Å². The van der Waals surface area contributed by atoms with Crippen molar-refractivity contribution in [1.82, 2.24) is 15.1 Å². The fourth-order valence-electron chi connectivity index (χ4n) is 4.14. The number of amides is 3. The smallest absolute Gasteiger partial charge is 0.317 e. The highest BCUT2D eigenvalue weighted by molar-refractivity contribution is 7.10. The van der Waals surface area contributed by atoms with Crippen LogP contribution in [-0.4, -0.2) is 66.8 Å². The number of thiophene rings is 1. The highest BCUT2D eigenvalue weighted by Gasteiger charge is 2.24. The zero-order chi connectivity index (χ0) is 22.7. The molecule has 0 spiro atoms. The second-order valence-corrected chi connectivity index (χ2v) is 9.11. The molecule has 3 heterocycles. The van der Waals surface area contributed by atoms with Crippen molar-refractivity contribution in [2.24, 2.45) is 0 Å². The molecule has 3 amide bonds. The van der Waals surface area contributed by atoms with Gasteiger partial charge in [0.2, 0.25) is 5.91 Å². The van der Waals surface area contributed by atoms with E-state index in [0.717, 1.165) is 13.0 Å². The first-order valence-corrected chi connectivity index (χ1v) is 11.7. The molecule has 1 fully saturated rings. The molecule has 2 aliphatic heterocycles. The highest BCUT2D eigenvalue weighted by Crippen LogP contribution is 2.24. The normalized spacial score (nSPS) is 16.0. The highest BCUT2D eigenvalue weighted by atomic mass is 32.1. The monoisotopic (exact) mass is 458 g/mol. The Morgan fingerprint density at radius 1 is 1.06 bits per heavy atom. The van der Waals surface area contributed by atoms with Crippen LogP contribution in [-0.2, 0) is 17.8 Å². The summed E-state index contributed by atoms with van der Waals surface area (Å²) in [5, 5.41) is 4.90. The number of halogens is 1. The van der Waals surface area contributed by atoms with Gasteiger partial charge < -0.3 is 20.0 Å². The van der Waals surface area contributed by atoms with Crippen LogP contribution in [0, 0.1) is 5.82 Å². The first-order chi connectivity index (χ1) is 15.4. The number of nitrogens with one attached hydrogen (secondary N) is 1. The minimum absolute atomic E-state index is 0.0523. The Balaban J connectivity index is 1.20. The largest absolute Gasteiger partial charge is 0.366 e.